The van der Waals surface area contributed by atoms with E-state index in [1.807, 2.05) is 6.92 Å². The summed E-state index contributed by atoms with van der Waals surface area (Å²) < 4.78 is 0. The summed E-state index contributed by atoms with van der Waals surface area (Å²) in [5.74, 6) is -0.377. The van der Waals surface area contributed by atoms with Crippen molar-refractivity contribution in [3.05, 3.63) is 0 Å². The van der Waals surface area contributed by atoms with E-state index in [-0.39, 0.29) is 42.7 Å². The third kappa shape index (κ3) is 3.52. The van der Waals surface area contributed by atoms with E-state index in [1.165, 1.54) is 0 Å². The minimum atomic E-state index is -0.790. The number of nitrogens with one attached hydrogen (secondary N) is 3. The molecule has 0 aromatic rings. The van der Waals surface area contributed by atoms with E-state index < -0.39 is 11.6 Å². The molecule has 3 atom stereocenters. The molecule has 0 radical (unpaired) electrons. The molecular weight excluding hydrogens is 332 g/mol. The first-order valence-electron chi connectivity index (χ1n) is 8.67. The zero-order valence-corrected chi connectivity index (χ0v) is 14.9. The molecule has 3 aliphatic rings. The highest BCUT2D eigenvalue weighted by molar-refractivity contribution is 6.09. The molecule has 2 aliphatic heterocycles. The molecule has 1 spiro atoms. The number of amides is 4. The maximum Gasteiger partial charge on any atom is 0.325 e. The SMILES string of the molecule is CC1CCCCC12NC(=O)N(CC(=O)N[C@H]1CCCNC1)C2=O.Cl. The smallest absolute Gasteiger partial charge is 0.325 e. The van der Waals surface area contributed by atoms with Crippen molar-refractivity contribution in [1.82, 2.24) is 20.9 Å². The molecule has 1 saturated carbocycles. The Kier molecular flexibility index (Phi) is 6.09. The van der Waals surface area contributed by atoms with Gasteiger partial charge in [0, 0.05) is 12.6 Å². The van der Waals surface area contributed by atoms with E-state index in [0.717, 1.165) is 50.1 Å². The number of carbonyl (C=O) groups excluding carboxylic acids is 3. The first-order valence-corrected chi connectivity index (χ1v) is 8.67. The van der Waals surface area contributed by atoms with Crippen molar-refractivity contribution in [2.24, 2.45) is 5.92 Å². The first-order chi connectivity index (χ1) is 11.0. The lowest BCUT2D eigenvalue weighted by atomic mass is 9.73. The Morgan fingerprint density at radius 2 is 2.08 bits per heavy atom. The van der Waals surface area contributed by atoms with Gasteiger partial charge >= 0.3 is 6.03 Å². The summed E-state index contributed by atoms with van der Waals surface area (Å²) in [5, 5.41) is 9.02. The molecule has 0 aromatic heterocycles. The fraction of sp³-hybridized carbons (Fsp3) is 0.812. The van der Waals surface area contributed by atoms with Crippen LogP contribution >= 0.6 is 12.4 Å². The normalized spacial score (nSPS) is 33.1. The van der Waals surface area contributed by atoms with Gasteiger partial charge < -0.3 is 16.0 Å². The monoisotopic (exact) mass is 358 g/mol. The lowest BCUT2D eigenvalue weighted by Gasteiger charge is -2.36. The highest BCUT2D eigenvalue weighted by Gasteiger charge is 2.55. The Labute approximate surface area is 148 Å². The van der Waals surface area contributed by atoms with Gasteiger partial charge in [0.2, 0.25) is 5.91 Å². The van der Waals surface area contributed by atoms with Crippen LogP contribution in [0.2, 0.25) is 0 Å². The fourth-order valence-corrected chi connectivity index (χ4v) is 4.03. The average molecular weight is 359 g/mol. The number of urea groups is 1. The molecule has 2 heterocycles. The molecule has 24 heavy (non-hydrogen) atoms. The molecule has 8 heteroatoms. The summed E-state index contributed by atoms with van der Waals surface area (Å²) in [7, 11) is 0. The second-order valence-corrected chi connectivity index (χ2v) is 7.05. The van der Waals surface area contributed by atoms with Gasteiger partial charge in [-0.05, 0) is 38.1 Å². The van der Waals surface area contributed by atoms with E-state index >= 15 is 0 Å². The summed E-state index contributed by atoms with van der Waals surface area (Å²) in [6, 6.07) is -0.347. The molecule has 3 N–H and O–H groups in total. The third-order valence-corrected chi connectivity index (χ3v) is 5.47. The highest BCUT2D eigenvalue weighted by atomic mass is 35.5. The highest BCUT2D eigenvalue weighted by Crippen LogP contribution is 2.38. The van der Waals surface area contributed by atoms with Crippen molar-refractivity contribution < 1.29 is 14.4 Å². The van der Waals surface area contributed by atoms with Crippen LogP contribution in [0.1, 0.15) is 45.4 Å². The van der Waals surface area contributed by atoms with Crippen LogP contribution in [0.3, 0.4) is 0 Å². The zero-order valence-electron chi connectivity index (χ0n) is 14.1. The van der Waals surface area contributed by atoms with Crippen molar-refractivity contribution in [1.29, 1.82) is 0 Å². The lowest BCUT2D eigenvalue weighted by Crippen LogP contribution is -2.54. The van der Waals surface area contributed by atoms with Crippen LogP contribution in [0.5, 0.6) is 0 Å². The Balaban J connectivity index is 0.00000208. The third-order valence-electron chi connectivity index (χ3n) is 5.47. The van der Waals surface area contributed by atoms with Gasteiger partial charge in [-0.1, -0.05) is 19.8 Å². The van der Waals surface area contributed by atoms with Crippen LogP contribution in [-0.2, 0) is 9.59 Å². The molecule has 1 aliphatic carbocycles. The van der Waals surface area contributed by atoms with Gasteiger partial charge in [-0.3, -0.25) is 14.5 Å². The van der Waals surface area contributed by atoms with Crippen LogP contribution in [0.4, 0.5) is 4.79 Å². The predicted molar refractivity (Wildman–Crippen MR) is 91.9 cm³/mol. The van der Waals surface area contributed by atoms with E-state index in [4.69, 9.17) is 0 Å². The number of hydrogen-bond donors (Lipinski definition) is 3. The maximum atomic E-state index is 12.8. The van der Waals surface area contributed by atoms with Gasteiger partial charge in [-0.25, -0.2) is 4.79 Å². The van der Waals surface area contributed by atoms with Crippen LogP contribution in [0.25, 0.3) is 0 Å². The van der Waals surface area contributed by atoms with E-state index in [2.05, 4.69) is 16.0 Å². The number of rotatable bonds is 3. The quantitative estimate of drug-likeness (QED) is 0.650. The Bertz CT molecular complexity index is 510. The van der Waals surface area contributed by atoms with Gasteiger partial charge in [0.05, 0.1) is 0 Å². The molecule has 136 valence electrons. The van der Waals surface area contributed by atoms with Crippen LogP contribution < -0.4 is 16.0 Å². The van der Waals surface area contributed by atoms with Gasteiger partial charge in [-0.2, -0.15) is 0 Å². The molecule has 3 rings (SSSR count). The first kappa shape index (κ1) is 19.0. The summed E-state index contributed by atoms with van der Waals surface area (Å²) in [6.07, 6.45) is 5.57. The van der Waals surface area contributed by atoms with Crippen molar-refractivity contribution in [3.8, 4) is 0 Å². The summed E-state index contributed by atoms with van der Waals surface area (Å²) in [6.45, 7) is 3.54. The number of halogens is 1. The second kappa shape index (κ2) is 7.70. The van der Waals surface area contributed by atoms with E-state index in [9.17, 15) is 14.4 Å². The maximum absolute atomic E-state index is 12.8. The predicted octanol–water partition coefficient (Wildman–Crippen LogP) is 0.777. The van der Waals surface area contributed by atoms with Gasteiger partial charge in [-0.15, -0.1) is 12.4 Å². The summed E-state index contributed by atoms with van der Waals surface area (Å²) >= 11 is 0. The van der Waals surface area contributed by atoms with Crippen molar-refractivity contribution in [3.63, 3.8) is 0 Å². The van der Waals surface area contributed by atoms with Crippen molar-refractivity contribution >= 4 is 30.3 Å². The lowest BCUT2D eigenvalue weighted by molar-refractivity contribution is -0.137. The average Bonchev–Trinajstić information content (AvgIpc) is 2.76. The van der Waals surface area contributed by atoms with Gasteiger partial charge in [0.15, 0.2) is 0 Å². The fourth-order valence-electron chi connectivity index (χ4n) is 4.03. The Hall–Kier alpha value is -1.34. The topological polar surface area (TPSA) is 90.5 Å². The van der Waals surface area contributed by atoms with Crippen LogP contribution in [0.15, 0.2) is 0 Å². The number of piperidine rings is 1. The van der Waals surface area contributed by atoms with E-state index in [1.54, 1.807) is 0 Å². The Morgan fingerprint density at radius 1 is 1.29 bits per heavy atom. The Morgan fingerprint density at radius 3 is 2.75 bits per heavy atom. The zero-order chi connectivity index (χ0) is 16.4. The number of carbonyl (C=O) groups is 3. The molecule has 0 aromatic carbocycles. The largest absolute Gasteiger partial charge is 0.351 e. The molecule has 4 amide bonds. The second-order valence-electron chi connectivity index (χ2n) is 7.05. The summed E-state index contributed by atoms with van der Waals surface area (Å²) in [4.78, 5) is 38.3. The van der Waals surface area contributed by atoms with Gasteiger partial charge in [0.25, 0.3) is 5.91 Å². The summed E-state index contributed by atoms with van der Waals surface area (Å²) in [5.41, 5.74) is -0.790. The van der Waals surface area contributed by atoms with Crippen molar-refractivity contribution in [2.75, 3.05) is 19.6 Å². The number of imide groups is 1. The molecule has 0 bridgehead atoms. The number of nitrogens with zero attached hydrogens (tertiary/aromatic N) is 1. The molecule has 2 saturated heterocycles. The minimum absolute atomic E-state index is 0. The standard InChI is InChI=1S/C16H26N4O3.ClH/c1-11-5-2-3-7-16(11)14(22)20(15(23)19-16)10-13(21)18-12-6-4-8-17-9-12;/h11-12,17H,2-10H2,1H3,(H,18,21)(H,19,23);1H/t11?,12-,16?;/m0./s1. The van der Waals surface area contributed by atoms with Crippen molar-refractivity contribution in [2.45, 2.75) is 57.0 Å². The van der Waals surface area contributed by atoms with Gasteiger partial charge in [0.1, 0.15) is 12.1 Å². The van der Waals surface area contributed by atoms with E-state index in [0.29, 0.717) is 6.42 Å². The molecule has 2 unspecified atom stereocenters. The molecule has 3 fully saturated rings. The molecular formula is C16H27ClN4O3. The van der Waals surface area contributed by atoms with Crippen LogP contribution in [0, 0.1) is 5.92 Å². The minimum Gasteiger partial charge on any atom is -0.351 e. The molecule has 7 nitrogen and oxygen atoms in total. The number of hydrogen-bond acceptors (Lipinski definition) is 4. The van der Waals surface area contributed by atoms with Crippen LogP contribution in [-0.4, -0.2) is 54.0 Å².